The summed E-state index contributed by atoms with van der Waals surface area (Å²) in [6.07, 6.45) is 4.11. The van der Waals surface area contributed by atoms with Crippen LogP contribution in [0.5, 0.6) is 0 Å². The van der Waals surface area contributed by atoms with E-state index in [2.05, 4.69) is 43.5 Å². The first-order valence-electron chi connectivity index (χ1n) is 8.23. The first-order chi connectivity index (χ1) is 10.1. The lowest BCUT2D eigenvalue weighted by Crippen LogP contribution is -2.47. The molecule has 3 heteroatoms. The van der Waals surface area contributed by atoms with E-state index in [1.54, 1.807) is 0 Å². The van der Waals surface area contributed by atoms with Gasteiger partial charge < -0.3 is 10.6 Å². The van der Waals surface area contributed by atoms with Gasteiger partial charge in [0.15, 0.2) is 0 Å². The van der Waals surface area contributed by atoms with Crippen molar-refractivity contribution in [3.63, 3.8) is 0 Å². The van der Waals surface area contributed by atoms with Crippen LogP contribution in [-0.2, 0) is 4.79 Å². The Morgan fingerprint density at radius 3 is 2.24 bits per heavy atom. The molecule has 1 amide bonds. The predicted octanol–water partition coefficient (Wildman–Crippen LogP) is 3.81. The van der Waals surface area contributed by atoms with Crippen LogP contribution in [0.3, 0.4) is 0 Å². The second kappa shape index (κ2) is 9.56. The zero-order valence-electron chi connectivity index (χ0n) is 13.9. The Balaban J connectivity index is 2.64. The van der Waals surface area contributed by atoms with Gasteiger partial charge in [0.25, 0.3) is 0 Å². The smallest absolute Gasteiger partial charge is 0.237 e. The van der Waals surface area contributed by atoms with Gasteiger partial charge in [0, 0.05) is 6.04 Å². The molecule has 0 radical (unpaired) electrons. The highest BCUT2D eigenvalue weighted by Crippen LogP contribution is 2.18. The van der Waals surface area contributed by atoms with E-state index in [1.807, 2.05) is 25.1 Å². The molecule has 1 aromatic rings. The van der Waals surface area contributed by atoms with E-state index >= 15 is 0 Å². The molecular weight excluding hydrogens is 260 g/mol. The molecule has 0 fully saturated rings. The van der Waals surface area contributed by atoms with Crippen molar-refractivity contribution >= 4 is 5.91 Å². The standard InChI is InChI=1S/C18H30N2O/c1-5-11-17(15-12-9-8-10-13-15)20-18(21)14(4)19-16(6-2)7-3/h8-10,12-14,16-17,19H,5-7,11H2,1-4H3,(H,20,21). The number of amides is 1. The van der Waals surface area contributed by atoms with Crippen molar-refractivity contribution in [2.75, 3.05) is 0 Å². The highest BCUT2D eigenvalue weighted by atomic mass is 16.2. The molecule has 2 atom stereocenters. The molecule has 0 aliphatic heterocycles. The zero-order chi connectivity index (χ0) is 15.7. The molecule has 3 nitrogen and oxygen atoms in total. The van der Waals surface area contributed by atoms with Gasteiger partial charge >= 0.3 is 0 Å². The summed E-state index contributed by atoms with van der Waals surface area (Å²) in [5.74, 6) is 0.0872. The SMILES string of the molecule is CCCC(NC(=O)C(C)NC(CC)CC)c1ccccc1. The zero-order valence-corrected chi connectivity index (χ0v) is 13.9. The maximum atomic E-state index is 12.4. The van der Waals surface area contributed by atoms with Crippen LogP contribution < -0.4 is 10.6 Å². The average molecular weight is 290 g/mol. The van der Waals surface area contributed by atoms with E-state index in [0.29, 0.717) is 6.04 Å². The van der Waals surface area contributed by atoms with Crippen molar-refractivity contribution in [2.24, 2.45) is 0 Å². The third kappa shape index (κ3) is 5.88. The lowest BCUT2D eigenvalue weighted by Gasteiger charge is -2.24. The Labute approximate surface area is 129 Å². The van der Waals surface area contributed by atoms with Crippen molar-refractivity contribution in [3.05, 3.63) is 35.9 Å². The van der Waals surface area contributed by atoms with Crippen molar-refractivity contribution in [2.45, 2.75) is 71.5 Å². The molecule has 1 aromatic carbocycles. The Morgan fingerprint density at radius 1 is 1.10 bits per heavy atom. The minimum absolute atomic E-state index is 0.0872. The second-order valence-corrected chi connectivity index (χ2v) is 5.66. The summed E-state index contributed by atoms with van der Waals surface area (Å²) in [5.41, 5.74) is 1.18. The van der Waals surface area contributed by atoms with Crippen LogP contribution in [0.25, 0.3) is 0 Å². The summed E-state index contributed by atoms with van der Waals surface area (Å²) >= 11 is 0. The molecule has 2 unspecified atom stereocenters. The number of benzene rings is 1. The summed E-state index contributed by atoms with van der Waals surface area (Å²) in [7, 11) is 0. The summed E-state index contributed by atoms with van der Waals surface area (Å²) < 4.78 is 0. The molecule has 0 heterocycles. The average Bonchev–Trinajstić information content (AvgIpc) is 2.52. The van der Waals surface area contributed by atoms with Crippen LogP contribution in [0.4, 0.5) is 0 Å². The van der Waals surface area contributed by atoms with E-state index < -0.39 is 0 Å². The van der Waals surface area contributed by atoms with Gasteiger partial charge in [0.2, 0.25) is 5.91 Å². The van der Waals surface area contributed by atoms with Gasteiger partial charge in [-0.3, -0.25) is 4.79 Å². The van der Waals surface area contributed by atoms with Gasteiger partial charge in [-0.1, -0.05) is 57.5 Å². The van der Waals surface area contributed by atoms with Crippen LogP contribution in [0, 0.1) is 0 Å². The largest absolute Gasteiger partial charge is 0.348 e. The molecule has 21 heavy (non-hydrogen) atoms. The molecule has 0 aromatic heterocycles. The van der Waals surface area contributed by atoms with Crippen LogP contribution in [0.2, 0.25) is 0 Å². The topological polar surface area (TPSA) is 41.1 Å². The number of hydrogen-bond donors (Lipinski definition) is 2. The van der Waals surface area contributed by atoms with Crippen molar-refractivity contribution in [1.29, 1.82) is 0 Å². The Morgan fingerprint density at radius 2 is 1.71 bits per heavy atom. The number of carbonyl (C=O) groups is 1. The minimum Gasteiger partial charge on any atom is -0.348 e. The highest BCUT2D eigenvalue weighted by Gasteiger charge is 2.19. The van der Waals surface area contributed by atoms with Gasteiger partial charge in [-0.2, -0.15) is 0 Å². The summed E-state index contributed by atoms with van der Waals surface area (Å²) in [6, 6.07) is 10.6. The quantitative estimate of drug-likeness (QED) is 0.726. The number of rotatable bonds is 9. The Hall–Kier alpha value is -1.35. The molecule has 0 saturated carbocycles. The fourth-order valence-corrected chi connectivity index (χ4v) is 2.55. The first kappa shape index (κ1) is 17.7. The van der Waals surface area contributed by atoms with E-state index in [0.717, 1.165) is 25.7 Å². The fourth-order valence-electron chi connectivity index (χ4n) is 2.55. The molecule has 0 saturated heterocycles. The van der Waals surface area contributed by atoms with Gasteiger partial charge in [-0.15, -0.1) is 0 Å². The molecule has 0 aliphatic carbocycles. The summed E-state index contributed by atoms with van der Waals surface area (Å²) in [5, 5.41) is 6.59. The molecule has 118 valence electrons. The third-order valence-electron chi connectivity index (χ3n) is 3.96. The van der Waals surface area contributed by atoms with Crippen LogP contribution in [-0.4, -0.2) is 18.0 Å². The predicted molar refractivity (Wildman–Crippen MR) is 89.2 cm³/mol. The monoisotopic (exact) mass is 290 g/mol. The Kier molecular flexibility index (Phi) is 8.06. The van der Waals surface area contributed by atoms with E-state index in [1.165, 1.54) is 5.56 Å². The van der Waals surface area contributed by atoms with E-state index in [4.69, 9.17) is 0 Å². The molecule has 0 aliphatic rings. The van der Waals surface area contributed by atoms with Crippen molar-refractivity contribution in [3.8, 4) is 0 Å². The molecule has 0 bridgehead atoms. The van der Waals surface area contributed by atoms with Gasteiger partial charge in [0.1, 0.15) is 0 Å². The lowest BCUT2D eigenvalue weighted by atomic mass is 10.0. The molecule has 1 rings (SSSR count). The maximum Gasteiger partial charge on any atom is 0.237 e. The molecule has 2 N–H and O–H groups in total. The van der Waals surface area contributed by atoms with Gasteiger partial charge in [0.05, 0.1) is 12.1 Å². The lowest BCUT2D eigenvalue weighted by molar-refractivity contribution is -0.123. The summed E-state index contributed by atoms with van der Waals surface area (Å²) in [4.78, 5) is 12.4. The van der Waals surface area contributed by atoms with Crippen LogP contribution in [0.1, 0.15) is 65.0 Å². The van der Waals surface area contributed by atoms with E-state index in [9.17, 15) is 4.79 Å². The number of nitrogens with one attached hydrogen (secondary N) is 2. The van der Waals surface area contributed by atoms with Crippen molar-refractivity contribution in [1.82, 2.24) is 10.6 Å². The summed E-state index contributed by atoms with van der Waals surface area (Å²) in [6.45, 7) is 8.39. The van der Waals surface area contributed by atoms with Crippen LogP contribution >= 0.6 is 0 Å². The highest BCUT2D eigenvalue weighted by molar-refractivity contribution is 5.81. The number of hydrogen-bond acceptors (Lipinski definition) is 2. The second-order valence-electron chi connectivity index (χ2n) is 5.66. The molecule has 0 spiro atoms. The van der Waals surface area contributed by atoms with E-state index in [-0.39, 0.29) is 18.0 Å². The fraction of sp³-hybridized carbons (Fsp3) is 0.611. The molecular formula is C18H30N2O. The Bertz CT molecular complexity index is 401. The first-order valence-corrected chi connectivity index (χ1v) is 8.23. The van der Waals surface area contributed by atoms with Crippen LogP contribution in [0.15, 0.2) is 30.3 Å². The third-order valence-corrected chi connectivity index (χ3v) is 3.96. The number of carbonyl (C=O) groups excluding carboxylic acids is 1. The van der Waals surface area contributed by atoms with Gasteiger partial charge in [-0.25, -0.2) is 0 Å². The maximum absolute atomic E-state index is 12.4. The minimum atomic E-state index is -0.155. The normalized spacial score (nSPS) is 14.0. The van der Waals surface area contributed by atoms with Gasteiger partial charge in [-0.05, 0) is 31.7 Å². The van der Waals surface area contributed by atoms with Crippen molar-refractivity contribution < 1.29 is 4.79 Å².